The van der Waals surface area contributed by atoms with Gasteiger partial charge >= 0.3 is 0 Å². The lowest BCUT2D eigenvalue weighted by molar-refractivity contribution is 0.283. The molecular weight excluding hydrogens is 242 g/mol. The summed E-state index contributed by atoms with van der Waals surface area (Å²) < 4.78 is 0. The molecule has 1 unspecified atom stereocenters. The van der Waals surface area contributed by atoms with Crippen LogP contribution in [0.1, 0.15) is 29.5 Å². The fraction of sp³-hybridized carbons (Fsp3) is 0.643. The van der Waals surface area contributed by atoms with Crippen molar-refractivity contribution >= 4 is 11.3 Å². The van der Waals surface area contributed by atoms with E-state index in [9.17, 15) is 0 Å². The second-order valence-electron chi connectivity index (χ2n) is 5.12. The number of nitrogens with one attached hydrogen (secondary N) is 1. The molecule has 2 rings (SSSR count). The normalized spacial score (nSPS) is 17.8. The molecule has 0 spiro atoms. The van der Waals surface area contributed by atoms with Crippen LogP contribution >= 0.6 is 11.3 Å². The Labute approximate surface area is 113 Å². The van der Waals surface area contributed by atoms with E-state index in [4.69, 9.17) is 5.26 Å². The number of nitriles is 1. The van der Waals surface area contributed by atoms with Crippen molar-refractivity contribution in [3.05, 3.63) is 21.9 Å². The van der Waals surface area contributed by atoms with Crippen molar-refractivity contribution in [2.45, 2.75) is 26.3 Å². The van der Waals surface area contributed by atoms with E-state index in [1.54, 1.807) is 11.3 Å². The number of likely N-dealkylation sites (tertiary alicyclic amines) is 1. The third-order valence-corrected chi connectivity index (χ3v) is 4.32. The Bertz CT molecular complexity index is 401. The summed E-state index contributed by atoms with van der Waals surface area (Å²) in [5.41, 5.74) is 0. The minimum Gasteiger partial charge on any atom is -0.312 e. The highest BCUT2D eigenvalue weighted by Gasteiger charge is 2.14. The number of nitrogens with zero attached hydrogens (tertiary/aromatic N) is 2. The Morgan fingerprint density at radius 3 is 2.89 bits per heavy atom. The Hall–Kier alpha value is -0.890. The van der Waals surface area contributed by atoms with E-state index in [2.05, 4.69) is 23.2 Å². The first-order chi connectivity index (χ1) is 8.78. The lowest BCUT2D eigenvalue weighted by Gasteiger charge is -2.20. The van der Waals surface area contributed by atoms with Gasteiger partial charge in [0.2, 0.25) is 0 Å². The second-order valence-corrected chi connectivity index (χ2v) is 6.29. The third kappa shape index (κ3) is 4.09. The van der Waals surface area contributed by atoms with Crippen molar-refractivity contribution in [3.63, 3.8) is 0 Å². The van der Waals surface area contributed by atoms with E-state index >= 15 is 0 Å². The highest BCUT2D eigenvalue weighted by Crippen LogP contribution is 2.15. The van der Waals surface area contributed by atoms with E-state index in [-0.39, 0.29) is 0 Å². The molecule has 0 saturated carbocycles. The van der Waals surface area contributed by atoms with Crippen molar-refractivity contribution < 1.29 is 0 Å². The van der Waals surface area contributed by atoms with Crippen LogP contribution in [0.15, 0.2) is 12.1 Å². The van der Waals surface area contributed by atoms with Crippen LogP contribution in [0.3, 0.4) is 0 Å². The van der Waals surface area contributed by atoms with Gasteiger partial charge in [0.15, 0.2) is 0 Å². The summed E-state index contributed by atoms with van der Waals surface area (Å²) >= 11 is 1.58. The van der Waals surface area contributed by atoms with Crippen molar-refractivity contribution in [1.29, 1.82) is 5.26 Å². The molecular formula is C14H21N3S. The molecule has 18 heavy (non-hydrogen) atoms. The maximum absolute atomic E-state index is 8.76. The molecule has 1 atom stereocenters. The van der Waals surface area contributed by atoms with Gasteiger partial charge in [0.25, 0.3) is 0 Å². The van der Waals surface area contributed by atoms with Crippen LogP contribution in [0.2, 0.25) is 0 Å². The highest BCUT2D eigenvalue weighted by atomic mass is 32.1. The van der Waals surface area contributed by atoms with Crippen LogP contribution in [0.5, 0.6) is 0 Å². The molecule has 98 valence electrons. The van der Waals surface area contributed by atoms with Crippen molar-refractivity contribution in [2.24, 2.45) is 5.92 Å². The summed E-state index contributed by atoms with van der Waals surface area (Å²) in [6.45, 7) is 8.01. The monoisotopic (exact) mass is 263 g/mol. The van der Waals surface area contributed by atoms with Crippen LogP contribution in [0.4, 0.5) is 0 Å². The predicted molar refractivity (Wildman–Crippen MR) is 75.6 cm³/mol. The Morgan fingerprint density at radius 1 is 1.44 bits per heavy atom. The topological polar surface area (TPSA) is 39.1 Å². The largest absolute Gasteiger partial charge is 0.312 e. The summed E-state index contributed by atoms with van der Waals surface area (Å²) in [6, 6.07) is 6.12. The average molecular weight is 263 g/mol. The van der Waals surface area contributed by atoms with Crippen molar-refractivity contribution in [1.82, 2.24) is 10.2 Å². The van der Waals surface area contributed by atoms with Crippen LogP contribution < -0.4 is 5.32 Å². The zero-order valence-electron chi connectivity index (χ0n) is 11.0. The molecule has 3 nitrogen and oxygen atoms in total. The third-order valence-electron chi connectivity index (χ3n) is 3.33. The number of hydrogen-bond donors (Lipinski definition) is 1. The minimum absolute atomic E-state index is 0.693. The van der Waals surface area contributed by atoms with E-state index in [1.165, 1.54) is 37.4 Å². The Morgan fingerprint density at radius 2 is 2.22 bits per heavy atom. The minimum atomic E-state index is 0.693. The number of thiophene rings is 1. The second kappa shape index (κ2) is 6.89. The number of hydrogen-bond acceptors (Lipinski definition) is 4. The molecule has 4 heteroatoms. The van der Waals surface area contributed by atoms with E-state index < -0.39 is 0 Å². The van der Waals surface area contributed by atoms with Crippen molar-refractivity contribution in [3.8, 4) is 6.07 Å². The van der Waals surface area contributed by atoms with Gasteiger partial charge in [-0.25, -0.2) is 0 Å². The summed E-state index contributed by atoms with van der Waals surface area (Å²) in [5, 5.41) is 12.2. The average Bonchev–Trinajstić information content (AvgIpc) is 3.00. The zero-order valence-corrected chi connectivity index (χ0v) is 11.8. The molecule has 0 bridgehead atoms. The molecule has 2 heterocycles. The predicted octanol–water partition coefficient (Wildman–Crippen LogP) is 2.44. The van der Waals surface area contributed by atoms with Gasteiger partial charge in [-0.15, -0.1) is 11.3 Å². The summed E-state index contributed by atoms with van der Waals surface area (Å²) in [5.74, 6) is 0.693. The van der Waals surface area contributed by atoms with Gasteiger partial charge in [0.05, 0.1) is 0 Å². The fourth-order valence-electron chi connectivity index (χ4n) is 2.45. The van der Waals surface area contributed by atoms with Gasteiger partial charge in [0.1, 0.15) is 10.9 Å². The molecule has 1 fully saturated rings. The van der Waals surface area contributed by atoms with E-state index in [0.29, 0.717) is 5.92 Å². The van der Waals surface area contributed by atoms with Crippen LogP contribution in [-0.4, -0.2) is 31.1 Å². The maximum Gasteiger partial charge on any atom is 0.110 e. The lowest BCUT2D eigenvalue weighted by Crippen LogP contribution is -2.31. The molecule has 0 amide bonds. The lowest BCUT2D eigenvalue weighted by atomic mass is 10.1. The SMILES string of the molecule is CC(CNCc1ccc(C#N)s1)CN1CCCC1. The Balaban J connectivity index is 1.63. The molecule has 1 aromatic rings. The highest BCUT2D eigenvalue weighted by molar-refractivity contribution is 7.12. The van der Waals surface area contributed by atoms with Gasteiger partial charge in [0, 0.05) is 18.0 Å². The van der Waals surface area contributed by atoms with Gasteiger partial charge < -0.3 is 10.2 Å². The molecule has 1 saturated heterocycles. The molecule has 1 aliphatic heterocycles. The molecule has 1 N–H and O–H groups in total. The standard InChI is InChI=1S/C14H21N3S/c1-12(11-17-6-2-3-7-17)9-16-10-14-5-4-13(8-15)18-14/h4-5,12,16H,2-3,6-7,9-11H2,1H3. The van der Waals surface area contributed by atoms with E-state index in [1.807, 2.05) is 12.1 Å². The smallest absolute Gasteiger partial charge is 0.110 e. The van der Waals surface area contributed by atoms with Crippen LogP contribution in [0.25, 0.3) is 0 Å². The Kier molecular flexibility index (Phi) is 5.18. The first-order valence-corrected chi connectivity index (χ1v) is 7.51. The molecule has 1 aromatic heterocycles. The quantitative estimate of drug-likeness (QED) is 0.857. The van der Waals surface area contributed by atoms with Crippen LogP contribution in [0, 0.1) is 17.2 Å². The molecule has 1 aliphatic rings. The summed E-state index contributed by atoms with van der Waals surface area (Å²) in [6.07, 6.45) is 2.73. The summed E-state index contributed by atoms with van der Waals surface area (Å²) in [4.78, 5) is 4.61. The first kappa shape index (κ1) is 13.5. The summed E-state index contributed by atoms with van der Waals surface area (Å²) in [7, 11) is 0. The van der Waals surface area contributed by atoms with Gasteiger partial charge in [-0.1, -0.05) is 6.92 Å². The number of rotatable bonds is 6. The van der Waals surface area contributed by atoms with E-state index in [0.717, 1.165) is 18.0 Å². The molecule has 0 aliphatic carbocycles. The molecule has 0 radical (unpaired) electrons. The van der Waals surface area contributed by atoms with Gasteiger partial charge in [-0.05, 0) is 50.5 Å². The van der Waals surface area contributed by atoms with Crippen molar-refractivity contribution in [2.75, 3.05) is 26.2 Å². The molecule has 0 aromatic carbocycles. The maximum atomic E-state index is 8.76. The first-order valence-electron chi connectivity index (χ1n) is 6.70. The zero-order chi connectivity index (χ0) is 12.8. The fourth-order valence-corrected chi connectivity index (χ4v) is 3.22. The van der Waals surface area contributed by atoms with Gasteiger partial charge in [-0.2, -0.15) is 5.26 Å². The van der Waals surface area contributed by atoms with Crippen LogP contribution in [-0.2, 0) is 6.54 Å². The van der Waals surface area contributed by atoms with Gasteiger partial charge in [-0.3, -0.25) is 0 Å².